The number of hydrogen-bond acceptors (Lipinski definition) is 3. The zero-order chi connectivity index (χ0) is 13.8. The summed E-state index contributed by atoms with van der Waals surface area (Å²) in [6, 6.07) is 13.2. The van der Waals surface area contributed by atoms with Gasteiger partial charge in [0.1, 0.15) is 0 Å². The van der Waals surface area contributed by atoms with Crippen LogP contribution in [0.25, 0.3) is 0 Å². The minimum atomic E-state index is 0.313. The fourth-order valence-electron chi connectivity index (χ4n) is 2.75. The van der Waals surface area contributed by atoms with Crippen molar-refractivity contribution < 1.29 is 0 Å². The van der Waals surface area contributed by atoms with Crippen LogP contribution >= 0.6 is 15.9 Å². The van der Waals surface area contributed by atoms with E-state index in [9.17, 15) is 0 Å². The summed E-state index contributed by atoms with van der Waals surface area (Å²) in [5, 5.41) is 3.42. The molecule has 3 rings (SSSR count). The first-order valence-electron chi connectivity index (χ1n) is 6.95. The summed E-state index contributed by atoms with van der Waals surface area (Å²) in [7, 11) is 0. The maximum Gasteiger partial charge on any atom is 0.0603 e. The zero-order valence-corrected chi connectivity index (χ0v) is 12.9. The van der Waals surface area contributed by atoms with E-state index in [4.69, 9.17) is 0 Å². The summed E-state index contributed by atoms with van der Waals surface area (Å²) in [5.74, 6) is 0. The third kappa shape index (κ3) is 3.08. The molecule has 0 spiro atoms. The fourth-order valence-corrected chi connectivity index (χ4v) is 3.01. The molecule has 1 atom stereocenters. The molecule has 1 aromatic heterocycles. The number of pyridine rings is 1. The predicted octanol–water partition coefficient (Wildman–Crippen LogP) is 2.84. The molecule has 104 valence electrons. The largest absolute Gasteiger partial charge is 0.314 e. The maximum absolute atomic E-state index is 4.14. The van der Waals surface area contributed by atoms with Crippen molar-refractivity contribution in [2.24, 2.45) is 0 Å². The third-order valence-corrected chi connectivity index (χ3v) is 4.25. The molecule has 0 amide bonds. The van der Waals surface area contributed by atoms with E-state index in [0.717, 1.165) is 30.7 Å². The van der Waals surface area contributed by atoms with Crippen LogP contribution in [0.15, 0.2) is 53.3 Å². The normalized spacial score (nSPS) is 17.9. The molecule has 2 heterocycles. The van der Waals surface area contributed by atoms with E-state index < -0.39 is 0 Å². The molecule has 1 N–H and O–H groups in total. The number of hydrogen-bond donors (Lipinski definition) is 1. The first kappa shape index (κ1) is 13.7. The summed E-state index contributed by atoms with van der Waals surface area (Å²) in [6.07, 6.45) is 3.76. The summed E-state index contributed by atoms with van der Waals surface area (Å²) < 4.78 is 1.12. The monoisotopic (exact) mass is 331 g/mol. The van der Waals surface area contributed by atoms with Gasteiger partial charge in [-0.25, -0.2) is 0 Å². The quantitative estimate of drug-likeness (QED) is 0.937. The molecule has 0 bridgehead atoms. The predicted molar refractivity (Wildman–Crippen MR) is 84.7 cm³/mol. The number of piperazine rings is 1. The summed E-state index contributed by atoms with van der Waals surface area (Å²) in [6.45, 7) is 4.25. The van der Waals surface area contributed by atoms with Gasteiger partial charge in [-0.05, 0) is 35.4 Å². The SMILES string of the molecule is Brc1ccc([C@@H](c2ccncc2)N2CCNCC2)cc1. The van der Waals surface area contributed by atoms with Gasteiger partial charge in [-0.1, -0.05) is 28.1 Å². The Balaban J connectivity index is 1.96. The van der Waals surface area contributed by atoms with Gasteiger partial charge in [-0.2, -0.15) is 0 Å². The van der Waals surface area contributed by atoms with Gasteiger partial charge in [0, 0.05) is 43.0 Å². The molecule has 0 saturated carbocycles. The van der Waals surface area contributed by atoms with Crippen LogP contribution in [-0.2, 0) is 0 Å². The molecule has 1 aliphatic rings. The number of benzene rings is 1. The van der Waals surface area contributed by atoms with E-state index >= 15 is 0 Å². The standard InChI is InChI=1S/C16H18BrN3/c17-15-3-1-13(2-4-15)16(14-5-7-18-8-6-14)20-11-9-19-10-12-20/h1-8,16,19H,9-12H2/t16-/m0/s1. The van der Waals surface area contributed by atoms with Gasteiger partial charge in [-0.3, -0.25) is 9.88 Å². The Kier molecular flexibility index (Phi) is 4.45. The third-order valence-electron chi connectivity index (χ3n) is 3.72. The van der Waals surface area contributed by atoms with Crippen LogP contribution in [0.3, 0.4) is 0 Å². The number of aromatic nitrogens is 1. The Labute approximate surface area is 128 Å². The first-order chi connectivity index (χ1) is 9.84. The average molecular weight is 332 g/mol. The van der Waals surface area contributed by atoms with Gasteiger partial charge in [0.15, 0.2) is 0 Å². The molecule has 0 radical (unpaired) electrons. The molecular weight excluding hydrogens is 314 g/mol. The molecule has 20 heavy (non-hydrogen) atoms. The number of nitrogens with one attached hydrogen (secondary N) is 1. The Morgan fingerprint density at radius 1 is 0.950 bits per heavy atom. The second-order valence-corrected chi connectivity index (χ2v) is 5.94. The van der Waals surface area contributed by atoms with Gasteiger partial charge in [-0.15, -0.1) is 0 Å². The highest BCUT2D eigenvalue weighted by atomic mass is 79.9. The number of nitrogens with zero attached hydrogens (tertiary/aromatic N) is 2. The minimum Gasteiger partial charge on any atom is -0.314 e. The summed E-state index contributed by atoms with van der Waals surface area (Å²) in [4.78, 5) is 6.68. The van der Waals surface area contributed by atoms with E-state index in [2.05, 4.69) is 67.5 Å². The molecule has 2 aromatic rings. The molecule has 3 nitrogen and oxygen atoms in total. The Morgan fingerprint density at radius 2 is 1.55 bits per heavy atom. The Bertz CT molecular complexity index is 535. The van der Waals surface area contributed by atoms with E-state index in [1.54, 1.807) is 0 Å². The van der Waals surface area contributed by atoms with Crippen LogP contribution in [0, 0.1) is 0 Å². The van der Waals surface area contributed by atoms with E-state index in [-0.39, 0.29) is 0 Å². The first-order valence-corrected chi connectivity index (χ1v) is 7.74. The van der Waals surface area contributed by atoms with E-state index in [1.165, 1.54) is 11.1 Å². The van der Waals surface area contributed by atoms with Crippen molar-refractivity contribution in [3.05, 3.63) is 64.4 Å². The van der Waals surface area contributed by atoms with E-state index in [1.807, 2.05) is 12.4 Å². The highest BCUT2D eigenvalue weighted by Crippen LogP contribution is 2.29. The molecule has 1 fully saturated rings. The van der Waals surface area contributed by atoms with Crippen molar-refractivity contribution in [3.8, 4) is 0 Å². The van der Waals surface area contributed by atoms with Gasteiger partial charge < -0.3 is 5.32 Å². The topological polar surface area (TPSA) is 28.2 Å². The molecule has 1 aromatic carbocycles. The lowest BCUT2D eigenvalue weighted by molar-refractivity contribution is 0.198. The zero-order valence-electron chi connectivity index (χ0n) is 11.3. The van der Waals surface area contributed by atoms with Crippen LogP contribution < -0.4 is 5.32 Å². The Hall–Kier alpha value is -1.23. The van der Waals surface area contributed by atoms with Crippen LogP contribution in [0.5, 0.6) is 0 Å². The van der Waals surface area contributed by atoms with Gasteiger partial charge in [0.25, 0.3) is 0 Å². The van der Waals surface area contributed by atoms with Gasteiger partial charge in [0.2, 0.25) is 0 Å². The van der Waals surface area contributed by atoms with Crippen molar-refractivity contribution >= 4 is 15.9 Å². The lowest BCUT2D eigenvalue weighted by Gasteiger charge is -2.35. The molecule has 4 heteroatoms. The van der Waals surface area contributed by atoms with Crippen molar-refractivity contribution in [2.45, 2.75) is 6.04 Å². The van der Waals surface area contributed by atoms with E-state index in [0.29, 0.717) is 6.04 Å². The number of halogens is 1. The smallest absolute Gasteiger partial charge is 0.0603 e. The molecule has 0 aliphatic carbocycles. The average Bonchev–Trinajstić information content (AvgIpc) is 2.52. The highest BCUT2D eigenvalue weighted by molar-refractivity contribution is 9.10. The highest BCUT2D eigenvalue weighted by Gasteiger charge is 2.23. The fraction of sp³-hybridized carbons (Fsp3) is 0.312. The summed E-state index contributed by atoms with van der Waals surface area (Å²) in [5.41, 5.74) is 2.64. The molecule has 1 saturated heterocycles. The van der Waals surface area contributed by atoms with Crippen molar-refractivity contribution in [1.29, 1.82) is 0 Å². The second kappa shape index (κ2) is 6.48. The van der Waals surface area contributed by atoms with Crippen LogP contribution in [0.1, 0.15) is 17.2 Å². The van der Waals surface area contributed by atoms with Crippen LogP contribution in [-0.4, -0.2) is 36.1 Å². The lowest BCUT2D eigenvalue weighted by atomic mass is 9.97. The van der Waals surface area contributed by atoms with Crippen molar-refractivity contribution in [1.82, 2.24) is 15.2 Å². The van der Waals surface area contributed by atoms with Crippen molar-refractivity contribution in [2.75, 3.05) is 26.2 Å². The molecule has 0 unspecified atom stereocenters. The van der Waals surface area contributed by atoms with Crippen LogP contribution in [0.4, 0.5) is 0 Å². The van der Waals surface area contributed by atoms with Crippen molar-refractivity contribution in [3.63, 3.8) is 0 Å². The summed E-state index contributed by atoms with van der Waals surface area (Å²) >= 11 is 3.51. The van der Waals surface area contributed by atoms with Gasteiger partial charge >= 0.3 is 0 Å². The Morgan fingerprint density at radius 3 is 2.20 bits per heavy atom. The minimum absolute atomic E-state index is 0.313. The molecule has 1 aliphatic heterocycles. The molecular formula is C16H18BrN3. The van der Waals surface area contributed by atoms with Gasteiger partial charge in [0.05, 0.1) is 6.04 Å². The second-order valence-electron chi connectivity index (χ2n) is 5.02. The number of rotatable bonds is 3. The maximum atomic E-state index is 4.14. The lowest BCUT2D eigenvalue weighted by Crippen LogP contribution is -2.45. The van der Waals surface area contributed by atoms with Crippen LogP contribution in [0.2, 0.25) is 0 Å².